The average Bonchev–Trinajstić information content (AvgIpc) is 2.61. The number of rotatable bonds is 7. The van der Waals surface area contributed by atoms with Crippen molar-refractivity contribution in [1.29, 1.82) is 0 Å². The number of ether oxygens (including phenoxy) is 1. The van der Waals surface area contributed by atoms with E-state index < -0.39 is 5.97 Å². The second-order valence-electron chi connectivity index (χ2n) is 5.51. The van der Waals surface area contributed by atoms with Crippen LogP contribution in [0.5, 0.6) is 0 Å². The highest BCUT2D eigenvalue weighted by Gasteiger charge is 2.09. The molecule has 3 nitrogen and oxygen atoms in total. The van der Waals surface area contributed by atoms with E-state index in [9.17, 15) is 14.3 Å². The number of hydrogen-bond donors (Lipinski definition) is 1. The van der Waals surface area contributed by atoms with E-state index in [1.165, 1.54) is 6.07 Å². The second-order valence-corrected chi connectivity index (χ2v) is 5.51. The molecule has 0 unspecified atom stereocenters. The van der Waals surface area contributed by atoms with Gasteiger partial charge in [0.15, 0.2) is 0 Å². The zero-order valence-electron chi connectivity index (χ0n) is 13.7. The fraction of sp³-hybridized carbons (Fsp3) is 0.250. The molecule has 1 N–H and O–H groups in total. The Balaban J connectivity index is 2.32. The van der Waals surface area contributed by atoms with Gasteiger partial charge in [-0.25, -0.2) is 9.18 Å². The molecule has 0 atom stereocenters. The first-order valence-electron chi connectivity index (χ1n) is 7.89. The number of halogens is 1. The van der Waals surface area contributed by atoms with Crippen LogP contribution in [0.15, 0.2) is 49.1 Å². The van der Waals surface area contributed by atoms with Gasteiger partial charge in [0.25, 0.3) is 0 Å². The van der Waals surface area contributed by atoms with Crippen LogP contribution >= 0.6 is 0 Å². The van der Waals surface area contributed by atoms with Gasteiger partial charge in [-0.1, -0.05) is 44.2 Å². The Morgan fingerprint density at radius 3 is 2.42 bits per heavy atom. The topological polar surface area (TPSA) is 46.5 Å². The smallest absolute Gasteiger partial charge is 0.330 e. The Kier molecular flexibility index (Phi) is 6.27. The normalized spacial score (nSPS) is 10.5. The van der Waals surface area contributed by atoms with Crippen LogP contribution in [0.25, 0.3) is 11.1 Å². The minimum Gasteiger partial charge on any atom is -0.458 e. The lowest BCUT2D eigenvalue weighted by atomic mass is 9.98. The highest BCUT2D eigenvalue weighted by atomic mass is 19.1. The van der Waals surface area contributed by atoms with Crippen molar-refractivity contribution in [1.82, 2.24) is 0 Å². The van der Waals surface area contributed by atoms with Crippen LogP contribution in [0.1, 0.15) is 30.0 Å². The van der Waals surface area contributed by atoms with Gasteiger partial charge in [0, 0.05) is 6.08 Å². The molecule has 4 heteroatoms. The Labute approximate surface area is 141 Å². The first kappa shape index (κ1) is 17.9. The van der Waals surface area contributed by atoms with E-state index in [4.69, 9.17) is 4.74 Å². The van der Waals surface area contributed by atoms with Crippen LogP contribution in [-0.4, -0.2) is 11.1 Å². The number of carbonyl (C=O) groups is 1. The Morgan fingerprint density at radius 1 is 1.17 bits per heavy atom. The van der Waals surface area contributed by atoms with Crippen LogP contribution in [0.4, 0.5) is 4.39 Å². The number of aliphatic hydroxyl groups is 1. The lowest BCUT2D eigenvalue weighted by Gasteiger charge is -2.11. The van der Waals surface area contributed by atoms with Gasteiger partial charge in [-0.15, -0.1) is 0 Å². The second kappa shape index (κ2) is 8.41. The fourth-order valence-electron chi connectivity index (χ4n) is 2.50. The van der Waals surface area contributed by atoms with E-state index in [0.717, 1.165) is 23.6 Å². The summed E-state index contributed by atoms with van der Waals surface area (Å²) >= 11 is 0. The molecule has 0 bridgehead atoms. The number of esters is 1. The SMILES string of the molecule is C=CC(=O)OCc1cc(-c2ccc(CCC)c(F)c2)ccc1CO. The molecule has 0 aliphatic heterocycles. The first-order chi connectivity index (χ1) is 11.6. The number of carbonyl (C=O) groups excluding carboxylic acids is 1. The molecule has 2 rings (SSSR count). The lowest BCUT2D eigenvalue weighted by Crippen LogP contribution is -2.03. The number of hydrogen-bond acceptors (Lipinski definition) is 3. The molecular formula is C20H21FO3. The molecule has 2 aromatic rings. The summed E-state index contributed by atoms with van der Waals surface area (Å²) in [6.07, 6.45) is 2.68. The maximum absolute atomic E-state index is 14.1. The molecule has 0 aliphatic rings. The Bertz CT molecular complexity index is 738. The third-order valence-corrected chi connectivity index (χ3v) is 3.82. The van der Waals surface area contributed by atoms with E-state index in [2.05, 4.69) is 6.58 Å². The van der Waals surface area contributed by atoms with Crippen molar-refractivity contribution < 1.29 is 19.0 Å². The van der Waals surface area contributed by atoms with Crippen LogP contribution < -0.4 is 0 Å². The Hall–Kier alpha value is -2.46. The molecule has 2 aromatic carbocycles. The van der Waals surface area contributed by atoms with Gasteiger partial charge in [0.1, 0.15) is 12.4 Å². The molecule has 0 heterocycles. The van der Waals surface area contributed by atoms with Crippen molar-refractivity contribution >= 4 is 5.97 Å². The van der Waals surface area contributed by atoms with Crippen LogP contribution in [0.3, 0.4) is 0 Å². The summed E-state index contributed by atoms with van der Waals surface area (Å²) in [7, 11) is 0. The van der Waals surface area contributed by atoms with Gasteiger partial charge in [-0.05, 0) is 46.4 Å². The molecular weight excluding hydrogens is 307 g/mol. The number of benzene rings is 2. The molecule has 126 valence electrons. The lowest BCUT2D eigenvalue weighted by molar-refractivity contribution is -0.139. The summed E-state index contributed by atoms with van der Waals surface area (Å²) in [5.41, 5.74) is 3.60. The van der Waals surface area contributed by atoms with Crippen LogP contribution in [0.2, 0.25) is 0 Å². The van der Waals surface area contributed by atoms with Crippen LogP contribution in [0, 0.1) is 5.82 Å². The van der Waals surface area contributed by atoms with Gasteiger partial charge in [-0.3, -0.25) is 0 Å². The summed E-state index contributed by atoms with van der Waals surface area (Å²) in [6, 6.07) is 10.6. The molecule has 24 heavy (non-hydrogen) atoms. The highest BCUT2D eigenvalue weighted by molar-refractivity contribution is 5.81. The molecule has 0 radical (unpaired) electrons. The summed E-state index contributed by atoms with van der Waals surface area (Å²) in [6.45, 7) is 5.23. The highest BCUT2D eigenvalue weighted by Crippen LogP contribution is 2.25. The largest absolute Gasteiger partial charge is 0.458 e. The quantitative estimate of drug-likeness (QED) is 0.613. The van der Waals surface area contributed by atoms with Crippen molar-refractivity contribution in [2.75, 3.05) is 0 Å². The van der Waals surface area contributed by atoms with Crippen LogP contribution in [-0.2, 0) is 29.2 Å². The summed E-state index contributed by atoms with van der Waals surface area (Å²) in [5, 5.41) is 9.42. The van der Waals surface area contributed by atoms with Gasteiger partial charge < -0.3 is 9.84 Å². The molecule has 0 aliphatic carbocycles. The van der Waals surface area contributed by atoms with Gasteiger partial charge >= 0.3 is 5.97 Å². The van der Waals surface area contributed by atoms with Gasteiger partial charge in [0.2, 0.25) is 0 Å². The van der Waals surface area contributed by atoms with E-state index >= 15 is 0 Å². The van der Waals surface area contributed by atoms with Crippen molar-refractivity contribution in [2.45, 2.75) is 33.0 Å². The van der Waals surface area contributed by atoms with Crippen molar-refractivity contribution in [2.24, 2.45) is 0 Å². The predicted octanol–water partition coefficient (Wildman–Crippen LogP) is 4.17. The summed E-state index contributed by atoms with van der Waals surface area (Å²) in [5.74, 6) is -0.750. The van der Waals surface area contributed by atoms with Crippen molar-refractivity contribution in [3.63, 3.8) is 0 Å². The standard InChI is InChI=1S/C20H21FO3/c1-3-5-14-6-7-16(11-19(14)21)15-8-9-17(12-22)18(10-15)13-24-20(23)4-2/h4,6-11,22H,2-3,5,12-13H2,1H3. The average molecular weight is 328 g/mol. The van der Waals surface area contributed by atoms with Crippen molar-refractivity contribution in [3.05, 3.63) is 71.6 Å². The molecule has 0 saturated carbocycles. The monoisotopic (exact) mass is 328 g/mol. The van der Waals surface area contributed by atoms with Gasteiger partial charge in [0.05, 0.1) is 6.61 Å². The first-order valence-corrected chi connectivity index (χ1v) is 7.89. The third-order valence-electron chi connectivity index (χ3n) is 3.82. The zero-order chi connectivity index (χ0) is 17.5. The maximum atomic E-state index is 14.1. The summed E-state index contributed by atoms with van der Waals surface area (Å²) in [4.78, 5) is 11.2. The number of aliphatic hydroxyl groups excluding tert-OH is 1. The van der Waals surface area contributed by atoms with Crippen molar-refractivity contribution in [3.8, 4) is 11.1 Å². The van der Waals surface area contributed by atoms with Gasteiger partial charge in [-0.2, -0.15) is 0 Å². The molecule has 0 fully saturated rings. The third kappa shape index (κ3) is 4.30. The zero-order valence-corrected chi connectivity index (χ0v) is 13.7. The minimum atomic E-state index is -0.528. The predicted molar refractivity (Wildman–Crippen MR) is 91.7 cm³/mol. The molecule has 0 amide bonds. The minimum absolute atomic E-state index is 0.0327. The van der Waals surface area contributed by atoms with E-state index in [0.29, 0.717) is 23.1 Å². The molecule has 0 aromatic heterocycles. The molecule has 0 spiro atoms. The fourth-order valence-corrected chi connectivity index (χ4v) is 2.50. The molecule has 0 saturated heterocycles. The maximum Gasteiger partial charge on any atom is 0.330 e. The van der Waals surface area contributed by atoms with E-state index in [1.54, 1.807) is 18.2 Å². The summed E-state index contributed by atoms with van der Waals surface area (Å²) < 4.78 is 19.2. The van der Waals surface area contributed by atoms with E-state index in [1.807, 2.05) is 19.1 Å². The number of aryl methyl sites for hydroxylation is 1. The Morgan fingerprint density at radius 2 is 1.83 bits per heavy atom. The van der Waals surface area contributed by atoms with E-state index in [-0.39, 0.29) is 19.0 Å².